The van der Waals surface area contributed by atoms with Gasteiger partial charge in [0.05, 0.1) is 17.1 Å². The Hall–Kier alpha value is -2.93. The Morgan fingerprint density at radius 3 is 2.93 bits per heavy atom. The smallest absolute Gasteiger partial charge is 0.254 e. The number of fused-ring (bicyclic) bond motifs is 2. The lowest BCUT2D eigenvalue weighted by Crippen LogP contribution is -2.30. The molecule has 0 radical (unpaired) electrons. The summed E-state index contributed by atoms with van der Waals surface area (Å²) in [5.74, 6) is 1.49. The van der Waals surface area contributed by atoms with Gasteiger partial charge in [-0.3, -0.25) is 14.2 Å². The molecule has 136 valence electrons. The number of nitrogens with zero attached hydrogens (tertiary/aromatic N) is 4. The number of rotatable bonds is 6. The van der Waals surface area contributed by atoms with Crippen LogP contribution in [0.4, 0.5) is 0 Å². The number of amides is 1. The lowest BCUT2D eigenvalue weighted by atomic mass is 10.1. The number of benzene rings is 1. The molecule has 0 aliphatic carbocycles. The van der Waals surface area contributed by atoms with Crippen LogP contribution in [0.1, 0.15) is 28.6 Å². The van der Waals surface area contributed by atoms with Gasteiger partial charge in [0.1, 0.15) is 0 Å². The summed E-state index contributed by atoms with van der Waals surface area (Å²) in [6, 6.07) is 15.0. The maximum Gasteiger partial charge on any atom is 0.254 e. The van der Waals surface area contributed by atoms with E-state index in [-0.39, 0.29) is 11.9 Å². The maximum atomic E-state index is 13.0. The second kappa shape index (κ2) is 7.75. The Labute approximate surface area is 161 Å². The third-order valence-corrected chi connectivity index (χ3v) is 5.09. The molecule has 27 heavy (non-hydrogen) atoms. The molecule has 0 saturated heterocycles. The van der Waals surface area contributed by atoms with Crippen LogP contribution in [-0.4, -0.2) is 37.5 Å². The number of pyridine rings is 2. The zero-order valence-corrected chi connectivity index (χ0v) is 15.7. The Balaban J connectivity index is 1.68. The number of hydrogen-bond donors (Lipinski definition) is 1. The van der Waals surface area contributed by atoms with Crippen LogP contribution in [0, 0.1) is 0 Å². The minimum Gasteiger partial charge on any atom is -0.342 e. The molecular weight excluding hydrogens is 358 g/mol. The highest BCUT2D eigenvalue weighted by Gasteiger charge is 2.22. The van der Waals surface area contributed by atoms with Gasteiger partial charge < -0.3 is 5.32 Å². The van der Waals surface area contributed by atoms with Gasteiger partial charge in [0.15, 0.2) is 11.5 Å². The van der Waals surface area contributed by atoms with Crippen LogP contribution in [-0.2, 0) is 0 Å². The number of hydrogen-bond acceptors (Lipinski definition) is 5. The number of thioether (sulfide) groups is 1. The van der Waals surface area contributed by atoms with Crippen LogP contribution in [0.2, 0.25) is 0 Å². The van der Waals surface area contributed by atoms with E-state index in [4.69, 9.17) is 0 Å². The molecule has 1 amide bonds. The molecule has 1 aromatic carbocycles. The van der Waals surface area contributed by atoms with E-state index in [0.29, 0.717) is 11.1 Å². The third kappa shape index (κ3) is 3.50. The molecule has 0 bridgehead atoms. The second-order valence-corrected chi connectivity index (χ2v) is 7.16. The largest absolute Gasteiger partial charge is 0.342 e. The normalized spacial score (nSPS) is 12.3. The van der Waals surface area contributed by atoms with Crippen molar-refractivity contribution in [2.75, 3.05) is 12.0 Å². The molecule has 3 aromatic heterocycles. The summed E-state index contributed by atoms with van der Waals surface area (Å²) in [5, 5.41) is 12.6. The first-order valence-corrected chi connectivity index (χ1v) is 10.1. The predicted octanol–water partition coefficient (Wildman–Crippen LogP) is 3.50. The summed E-state index contributed by atoms with van der Waals surface area (Å²) in [5.41, 5.74) is 2.03. The van der Waals surface area contributed by atoms with Gasteiger partial charge in [-0.25, -0.2) is 0 Å². The van der Waals surface area contributed by atoms with Crippen molar-refractivity contribution in [1.29, 1.82) is 0 Å². The summed E-state index contributed by atoms with van der Waals surface area (Å²) in [6.45, 7) is 0. The maximum absolute atomic E-state index is 13.0. The monoisotopic (exact) mass is 377 g/mol. The Bertz CT molecular complexity index is 1090. The zero-order valence-electron chi connectivity index (χ0n) is 14.9. The standard InChI is InChI=1S/C20H19N5OS/c1-27-13-10-16(19-24-23-17-9-2-3-12-25(17)19)22-20(26)15-8-4-6-14-7-5-11-21-18(14)15/h2-9,11-12,16H,10,13H2,1H3,(H,22,26). The van der Waals surface area contributed by atoms with E-state index < -0.39 is 0 Å². The molecule has 3 heterocycles. The highest BCUT2D eigenvalue weighted by Crippen LogP contribution is 2.21. The highest BCUT2D eigenvalue weighted by molar-refractivity contribution is 7.98. The summed E-state index contributed by atoms with van der Waals surface area (Å²) < 4.78 is 1.92. The molecule has 4 aromatic rings. The topological polar surface area (TPSA) is 72.2 Å². The van der Waals surface area contributed by atoms with Gasteiger partial charge in [-0.15, -0.1) is 10.2 Å². The van der Waals surface area contributed by atoms with Gasteiger partial charge in [-0.2, -0.15) is 11.8 Å². The minimum absolute atomic E-state index is 0.155. The van der Waals surface area contributed by atoms with Crippen molar-refractivity contribution in [1.82, 2.24) is 24.9 Å². The second-order valence-electron chi connectivity index (χ2n) is 6.18. The Morgan fingerprint density at radius 1 is 1.15 bits per heavy atom. The summed E-state index contributed by atoms with van der Waals surface area (Å²) in [6.07, 6.45) is 6.44. The van der Waals surface area contributed by atoms with Gasteiger partial charge in [0, 0.05) is 17.8 Å². The number of carbonyl (C=O) groups excluding carboxylic acids is 1. The van der Waals surface area contributed by atoms with E-state index in [9.17, 15) is 4.79 Å². The van der Waals surface area contributed by atoms with Crippen LogP contribution >= 0.6 is 11.8 Å². The summed E-state index contributed by atoms with van der Waals surface area (Å²) >= 11 is 1.74. The van der Waals surface area contributed by atoms with Gasteiger partial charge in [-0.1, -0.05) is 24.3 Å². The van der Waals surface area contributed by atoms with E-state index in [0.717, 1.165) is 29.0 Å². The van der Waals surface area contributed by atoms with Crippen LogP contribution in [0.15, 0.2) is 60.9 Å². The molecular formula is C20H19N5OS. The first-order valence-electron chi connectivity index (χ1n) is 8.71. The van der Waals surface area contributed by atoms with E-state index in [1.54, 1.807) is 24.0 Å². The van der Waals surface area contributed by atoms with Crippen LogP contribution < -0.4 is 5.32 Å². The molecule has 0 aliphatic heterocycles. The SMILES string of the molecule is CSCCC(NC(=O)c1cccc2cccnc12)c1nnc2ccccn12. The lowest BCUT2D eigenvalue weighted by molar-refractivity contribution is 0.0935. The minimum atomic E-state index is -0.235. The first-order chi connectivity index (χ1) is 13.3. The highest BCUT2D eigenvalue weighted by atomic mass is 32.2. The summed E-state index contributed by atoms with van der Waals surface area (Å²) in [7, 11) is 0. The zero-order chi connectivity index (χ0) is 18.6. The Morgan fingerprint density at radius 2 is 2.04 bits per heavy atom. The molecule has 1 N–H and O–H groups in total. The van der Waals surface area contributed by atoms with E-state index in [1.807, 2.05) is 53.1 Å². The molecule has 6 nitrogen and oxygen atoms in total. The van der Waals surface area contributed by atoms with Crippen molar-refractivity contribution in [3.8, 4) is 0 Å². The van der Waals surface area contributed by atoms with Gasteiger partial charge in [-0.05, 0) is 42.7 Å². The molecule has 4 rings (SSSR count). The fourth-order valence-corrected chi connectivity index (χ4v) is 3.59. The number of carbonyl (C=O) groups is 1. The van der Waals surface area contributed by atoms with Crippen molar-refractivity contribution in [2.45, 2.75) is 12.5 Å². The van der Waals surface area contributed by atoms with Crippen molar-refractivity contribution in [3.63, 3.8) is 0 Å². The lowest BCUT2D eigenvalue weighted by Gasteiger charge is -2.17. The fraction of sp³-hybridized carbons (Fsp3) is 0.200. The van der Waals surface area contributed by atoms with Crippen LogP contribution in [0.3, 0.4) is 0 Å². The van der Waals surface area contributed by atoms with E-state index >= 15 is 0 Å². The molecule has 0 aliphatic rings. The molecule has 0 spiro atoms. The number of para-hydroxylation sites is 1. The molecule has 1 atom stereocenters. The van der Waals surface area contributed by atoms with E-state index in [1.165, 1.54) is 0 Å². The third-order valence-electron chi connectivity index (χ3n) is 4.45. The number of aromatic nitrogens is 4. The van der Waals surface area contributed by atoms with Crippen LogP contribution in [0.5, 0.6) is 0 Å². The Kier molecular flexibility index (Phi) is 5.02. The quantitative estimate of drug-likeness (QED) is 0.557. The summed E-state index contributed by atoms with van der Waals surface area (Å²) in [4.78, 5) is 17.4. The fourth-order valence-electron chi connectivity index (χ4n) is 3.12. The van der Waals surface area contributed by atoms with Crippen molar-refractivity contribution in [3.05, 3.63) is 72.3 Å². The first kappa shape index (κ1) is 17.5. The van der Waals surface area contributed by atoms with Gasteiger partial charge in [0.2, 0.25) is 0 Å². The molecule has 0 saturated carbocycles. The number of nitrogens with one attached hydrogen (secondary N) is 1. The average Bonchev–Trinajstić information content (AvgIpc) is 3.14. The molecule has 0 fully saturated rings. The van der Waals surface area contributed by atoms with Crippen LogP contribution in [0.25, 0.3) is 16.6 Å². The van der Waals surface area contributed by atoms with E-state index in [2.05, 4.69) is 26.8 Å². The van der Waals surface area contributed by atoms with Gasteiger partial charge in [0.25, 0.3) is 5.91 Å². The van der Waals surface area contributed by atoms with Gasteiger partial charge >= 0.3 is 0 Å². The molecule has 1 unspecified atom stereocenters. The average molecular weight is 377 g/mol. The predicted molar refractivity (Wildman–Crippen MR) is 108 cm³/mol. The molecule has 7 heteroatoms. The van der Waals surface area contributed by atoms with Crippen molar-refractivity contribution >= 4 is 34.2 Å². The van der Waals surface area contributed by atoms with Crippen molar-refractivity contribution in [2.24, 2.45) is 0 Å². The van der Waals surface area contributed by atoms with Crippen molar-refractivity contribution < 1.29 is 4.79 Å².